The zero-order valence-corrected chi connectivity index (χ0v) is 17.7. The second-order valence-electron chi connectivity index (χ2n) is 8.30. The van der Waals surface area contributed by atoms with Gasteiger partial charge in [0, 0.05) is 13.2 Å². The largest absolute Gasteiger partial charge is 0.373 e. The molecule has 2 saturated heterocycles. The maximum atomic E-state index is 6.23. The number of nitrogens with two attached hydrogens (primary N) is 1. The predicted octanol–water partition coefficient (Wildman–Crippen LogP) is 3.33. The number of unbranched alkanes of at least 4 members (excludes halogenated alkanes) is 7. The van der Waals surface area contributed by atoms with Gasteiger partial charge in [-0.1, -0.05) is 45.4 Å². The van der Waals surface area contributed by atoms with E-state index in [0.29, 0.717) is 0 Å². The maximum absolute atomic E-state index is 6.23. The van der Waals surface area contributed by atoms with Crippen LogP contribution in [0.15, 0.2) is 0 Å². The zero-order chi connectivity index (χ0) is 19.5. The quantitative estimate of drug-likeness (QED) is 0.421. The first-order valence-corrected chi connectivity index (χ1v) is 11.1. The molecule has 2 aliphatic heterocycles. The van der Waals surface area contributed by atoms with E-state index >= 15 is 0 Å². The summed E-state index contributed by atoms with van der Waals surface area (Å²) < 4.78 is 24.3. The molecule has 0 aromatic carbocycles. The molecule has 0 unspecified atom stereocenters. The summed E-state index contributed by atoms with van der Waals surface area (Å²) >= 11 is 0. The second-order valence-corrected chi connectivity index (χ2v) is 8.30. The van der Waals surface area contributed by atoms with E-state index in [4.69, 9.17) is 24.7 Å². The molecule has 160 valence electrons. The first kappa shape index (κ1) is 23.0. The molecule has 0 spiro atoms. The lowest BCUT2D eigenvalue weighted by atomic mass is 10.1. The van der Waals surface area contributed by atoms with Crippen LogP contribution < -0.4 is 11.1 Å². The van der Waals surface area contributed by atoms with E-state index in [1.54, 1.807) is 0 Å². The first-order chi connectivity index (χ1) is 13.1. The Morgan fingerprint density at radius 1 is 0.963 bits per heavy atom. The molecular formula is C21H42N2O4. The van der Waals surface area contributed by atoms with Crippen LogP contribution in [0.3, 0.4) is 0 Å². The number of rotatable bonds is 15. The fourth-order valence-electron chi connectivity index (χ4n) is 3.83. The SMILES string of the molecule is CCCCCCCO[C@@H]1[C@H]2OC(C)(C)O[C@H]2O[C@@H]1CNCCCCCCN. The Bertz CT molecular complexity index is 394. The van der Waals surface area contributed by atoms with E-state index in [1.165, 1.54) is 44.9 Å². The molecule has 0 aromatic rings. The van der Waals surface area contributed by atoms with Crippen LogP contribution in [0.1, 0.15) is 78.6 Å². The lowest BCUT2D eigenvalue weighted by Gasteiger charge is -2.26. The highest BCUT2D eigenvalue weighted by Crippen LogP contribution is 2.38. The standard InChI is InChI=1S/C21H42N2O4/c1-4-5-6-9-12-15-24-18-17(16-23-14-11-8-7-10-13-22)25-20-19(18)26-21(2,3)27-20/h17-20,23H,4-16,22H2,1-3H3/t17-,18+,19-,20-/m1/s1. The van der Waals surface area contributed by atoms with Crippen molar-refractivity contribution in [2.75, 3.05) is 26.2 Å². The lowest BCUT2D eigenvalue weighted by Crippen LogP contribution is -2.42. The van der Waals surface area contributed by atoms with Gasteiger partial charge in [0.1, 0.15) is 18.3 Å². The van der Waals surface area contributed by atoms with Crippen molar-refractivity contribution in [3.05, 3.63) is 0 Å². The average molecular weight is 387 g/mol. The number of fused-ring (bicyclic) bond motifs is 1. The minimum absolute atomic E-state index is 0.0178. The highest BCUT2D eigenvalue weighted by atomic mass is 16.8. The Balaban J connectivity index is 1.71. The van der Waals surface area contributed by atoms with Gasteiger partial charge < -0.3 is 30.0 Å². The third-order valence-electron chi connectivity index (χ3n) is 5.30. The van der Waals surface area contributed by atoms with Crippen LogP contribution in [-0.2, 0) is 18.9 Å². The normalized spacial score (nSPS) is 29.3. The van der Waals surface area contributed by atoms with Crippen molar-refractivity contribution in [2.45, 2.75) is 109 Å². The second kappa shape index (κ2) is 12.3. The van der Waals surface area contributed by atoms with Gasteiger partial charge in [0.25, 0.3) is 0 Å². The van der Waals surface area contributed by atoms with Crippen LogP contribution in [0, 0.1) is 0 Å². The summed E-state index contributed by atoms with van der Waals surface area (Å²) in [6, 6.07) is 0. The van der Waals surface area contributed by atoms with Crippen molar-refractivity contribution >= 4 is 0 Å². The summed E-state index contributed by atoms with van der Waals surface area (Å²) in [5.74, 6) is -0.598. The third-order valence-corrected chi connectivity index (χ3v) is 5.30. The minimum Gasteiger partial charge on any atom is -0.373 e. The van der Waals surface area contributed by atoms with Crippen molar-refractivity contribution in [1.82, 2.24) is 5.32 Å². The average Bonchev–Trinajstić information content (AvgIpc) is 3.09. The summed E-state index contributed by atoms with van der Waals surface area (Å²) in [5, 5.41) is 3.52. The number of hydrogen-bond acceptors (Lipinski definition) is 6. The van der Waals surface area contributed by atoms with E-state index in [1.807, 2.05) is 13.8 Å². The van der Waals surface area contributed by atoms with Gasteiger partial charge >= 0.3 is 0 Å². The van der Waals surface area contributed by atoms with Crippen LogP contribution in [0.2, 0.25) is 0 Å². The summed E-state index contributed by atoms with van der Waals surface area (Å²) in [4.78, 5) is 0. The molecule has 6 nitrogen and oxygen atoms in total. The molecule has 2 rings (SSSR count). The van der Waals surface area contributed by atoms with Crippen molar-refractivity contribution < 1.29 is 18.9 Å². The van der Waals surface area contributed by atoms with Gasteiger partial charge in [0.05, 0.1) is 0 Å². The van der Waals surface area contributed by atoms with Gasteiger partial charge in [-0.25, -0.2) is 0 Å². The molecule has 0 amide bonds. The van der Waals surface area contributed by atoms with Crippen LogP contribution in [0.25, 0.3) is 0 Å². The molecule has 0 aliphatic carbocycles. The van der Waals surface area contributed by atoms with Gasteiger partial charge in [-0.05, 0) is 46.2 Å². The Morgan fingerprint density at radius 2 is 1.70 bits per heavy atom. The molecule has 0 aromatic heterocycles. The summed E-state index contributed by atoms with van der Waals surface area (Å²) in [7, 11) is 0. The number of hydrogen-bond donors (Lipinski definition) is 2. The maximum Gasteiger partial charge on any atom is 0.190 e. The van der Waals surface area contributed by atoms with Crippen LogP contribution in [0.5, 0.6) is 0 Å². The molecule has 0 saturated carbocycles. The Hall–Kier alpha value is -0.240. The van der Waals surface area contributed by atoms with E-state index in [0.717, 1.165) is 39.1 Å². The highest BCUT2D eigenvalue weighted by molar-refractivity contribution is 4.95. The fraction of sp³-hybridized carbons (Fsp3) is 1.00. The van der Waals surface area contributed by atoms with Gasteiger partial charge in [-0.15, -0.1) is 0 Å². The lowest BCUT2D eigenvalue weighted by molar-refractivity contribution is -0.217. The monoisotopic (exact) mass is 386 g/mol. The molecule has 0 radical (unpaired) electrons. The fourth-order valence-corrected chi connectivity index (χ4v) is 3.83. The van der Waals surface area contributed by atoms with Crippen LogP contribution in [0.4, 0.5) is 0 Å². The molecule has 2 heterocycles. The summed E-state index contributed by atoms with van der Waals surface area (Å²) in [6.45, 7) is 9.44. The Kier molecular flexibility index (Phi) is 10.5. The smallest absolute Gasteiger partial charge is 0.190 e. The molecule has 27 heavy (non-hydrogen) atoms. The summed E-state index contributed by atoms with van der Waals surface area (Å²) in [5.41, 5.74) is 5.54. The van der Waals surface area contributed by atoms with Crippen molar-refractivity contribution in [3.63, 3.8) is 0 Å². The van der Waals surface area contributed by atoms with Crippen molar-refractivity contribution in [2.24, 2.45) is 5.73 Å². The van der Waals surface area contributed by atoms with Gasteiger partial charge in [0.15, 0.2) is 12.1 Å². The molecule has 0 bridgehead atoms. The van der Waals surface area contributed by atoms with Crippen molar-refractivity contribution in [1.29, 1.82) is 0 Å². The van der Waals surface area contributed by atoms with Crippen molar-refractivity contribution in [3.8, 4) is 0 Å². The van der Waals surface area contributed by atoms with E-state index in [2.05, 4.69) is 12.2 Å². The van der Waals surface area contributed by atoms with Gasteiger partial charge in [-0.2, -0.15) is 0 Å². The molecule has 3 N–H and O–H groups in total. The van der Waals surface area contributed by atoms with E-state index in [-0.39, 0.29) is 24.6 Å². The van der Waals surface area contributed by atoms with E-state index in [9.17, 15) is 0 Å². The zero-order valence-electron chi connectivity index (χ0n) is 17.7. The number of ether oxygens (including phenoxy) is 4. The van der Waals surface area contributed by atoms with Gasteiger partial charge in [0.2, 0.25) is 0 Å². The van der Waals surface area contributed by atoms with E-state index < -0.39 is 5.79 Å². The topological polar surface area (TPSA) is 75.0 Å². The summed E-state index contributed by atoms with van der Waals surface area (Å²) in [6.07, 6.45) is 10.4. The van der Waals surface area contributed by atoms with Crippen LogP contribution >= 0.6 is 0 Å². The third kappa shape index (κ3) is 7.95. The Morgan fingerprint density at radius 3 is 2.48 bits per heavy atom. The highest BCUT2D eigenvalue weighted by Gasteiger charge is 2.55. The van der Waals surface area contributed by atoms with Crippen LogP contribution in [-0.4, -0.2) is 56.6 Å². The Labute approximate surface area is 165 Å². The predicted molar refractivity (Wildman–Crippen MR) is 108 cm³/mol. The first-order valence-electron chi connectivity index (χ1n) is 11.1. The molecule has 2 fully saturated rings. The molecule has 2 aliphatic rings. The number of nitrogens with one attached hydrogen (secondary N) is 1. The molecule has 4 atom stereocenters. The molecular weight excluding hydrogens is 344 g/mol. The molecule has 6 heteroatoms. The minimum atomic E-state index is -0.598. The van der Waals surface area contributed by atoms with Gasteiger partial charge in [-0.3, -0.25) is 0 Å².